The van der Waals surface area contributed by atoms with Gasteiger partial charge in [-0.3, -0.25) is 0 Å². The van der Waals surface area contributed by atoms with Gasteiger partial charge in [-0.25, -0.2) is 0 Å². The molecule has 96 valence electrons. The molecule has 0 amide bonds. The molecule has 3 heteroatoms. The van der Waals surface area contributed by atoms with Gasteiger partial charge in [-0.1, -0.05) is 18.2 Å². The number of likely N-dealkylation sites (N-methyl/N-ethyl adjacent to an activating group) is 1. The lowest BCUT2D eigenvalue weighted by Crippen LogP contribution is -2.19. The zero-order chi connectivity index (χ0) is 13.0. The second kappa shape index (κ2) is 6.03. The Kier molecular flexibility index (Phi) is 4.39. The van der Waals surface area contributed by atoms with Crippen molar-refractivity contribution in [3.8, 4) is 0 Å². The van der Waals surface area contributed by atoms with Gasteiger partial charge in [0.2, 0.25) is 0 Å². The highest BCUT2D eigenvalue weighted by Crippen LogP contribution is 2.19. The third-order valence-electron chi connectivity index (χ3n) is 3.09. The molecule has 18 heavy (non-hydrogen) atoms. The molecule has 1 aromatic carbocycles. The lowest BCUT2D eigenvalue weighted by atomic mass is 10.1. The van der Waals surface area contributed by atoms with Crippen molar-refractivity contribution in [2.45, 2.75) is 19.4 Å². The molecule has 1 atom stereocenters. The van der Waals surface area contributed by atoms with Crippen molar-refractivity contribution in [3.63, 3.8) is 0 Å². The fraction of sp³-hybridized carbons (Fsp3) is 0.333. The minimum atomic E-state index is -0.393. The van der Waals surface area contributed by atoms with E-state index in [0.29, 0.717) is 0 Å². The molecule has 0 fully saturated rings. The highest BCUT2D eigenvalue weighted by atomic mass is 32.1. The van der Waals surface area contributed by atoms with E-state index in [1.165, 1.54) is 10.6 Å². The van der Waals surface area contributed by atoms with Crippen LogP contribution in [-0.2, 0) is 6.42 Å². The van der Waals surface area contributed by atoms with Crippen LogP contribution in [-0.4, -0.2) is 18.7 Å². The van der Waals surface area contributed by atoms with Crippen molar-refractivity contribution in [1.29, 1.82) is 0 Å². The number of hydrogen-bond donors (Lipinski definition) is 1. The van der Waals surface area contributed by atoms with E-state index in [9.17, 15) is 5.11 Å². The normalized spacial score (nSPS) is 12.4. The molecule has 0 aliphatic heterocycles. The fourth-order valence-electron chi connectivity index (χ4n) is 1.87. The maximum absolute atomic E-state index is 9.47. The second-order valence-electron chi connectivity index (χ2n) is 4.52. The summed E-state index contributed by atoms with van der Waals surface area (Å²) in [5.41, 5.74) is 2.15. The van der Waals surface area contributed by atoms with Crippen molar-refractivity contribution in [2.24, 2.45) is 0 Å². The molecule has 0 spiro atoms. The molecule has 1 heterocycles. The SMILES string of the molecule is C[C@H](O)c1ccc(N(C)CCc2cccs2)cc1. The van der Waals surface area contributed by atoms with Crippen LogP contribution < -0.4 is 4.90 Å². The lowest BCUT2D eigenvalue weighted by molar-refractivity contribution is 0.199. The summed E-state index contributed by atoms with van der Waals surface area (Å²) in [6.07, 6.45) is 0.683. The number of thiophene rings is 1. The summed E-state index contributed by atoms with van der Waals surface area (Å²) in [5, 5.41) is 11.6. The summed E-state index contributed by atoms with van der Waals surface area (Å²) < 4.78 is 0. The number of anilines is 1. The Morgan fingerprint density at radius 3 is 2.50 bits per heavy atom. The molecule has 1 aromatic heterocycles. The fourth-order valence-corrected chi connectivity index (χ4v) is 2.57. The van der Waals surface area contributed by atoms with E-state index in [1.807, 2.05) is 12.1 Å². The standard InChI is InChI=1S/C15H19NOS/c1-12(17)13-5-7-14(8-6-13)16(2)10-9-15-4-3-11-18-15/h3-8,11-12,17H,9-10H2,1-2H3/t12-/m0/s1. The number of hydrogen-bond acceptors (Lipinski definition) is 3. The molecule has 1 N–H and O–H groups in total. The van der Waals surface area contributed by atoms with Gasteiger partial charge in [-0.2, -0.15) is 0 Å². The van der Waals surface area contributed by atoms with Crippen LogP contribution in [0.15, 0.2) is 41.8 Å². The number of aliphatic hydroxyl groups excluding tert-OH is 1. The third-order valence-corrected chi connectivity index (χ3v) is 4.03. The van der Waals surface area contributed by atoms with Gasteiger partial charge < -0.3 is 10.0 Å². The molecule has 2 rings (SSSR count). The van der Waals surface area contributed by atoms with Crippen LogP contribution in [0.4, 0.5) is 5.69 Å². The first kappa shape index (κ1) is 13.1. The van der Waals surface area contributed by atoms with Gasteiger partial charge in [-0.05, 0) is 42.5 Å². The summed E-state index contributed by atoms with van der Waals surface area (Å²) in [7, 11) is 2.10. The molecule has 2 aromatic rings. The Labute approximate surface area is 113 Å². The molecule has 0 aliphatic carbocycles. The van der Waals surface area contributed by atoms with E-state index in [4.69, 9.17) is 0 Å². The predicted molar refractivity (Wildman–Crippen MR) is 78.4 cm³/mol. The highest BCUT2D eigenvalue weighted by molar-refractivity contribution is 7.09. The summed E-state index contributed by atoms with van der Waals surface area (Å²) >= 11 is 1.81. The molecule has 2 nitrogen and oxygen atoms in total. The smallest absolute Gasteiger partial charge is 0.0761 e. The highest BCUT2D eigenvalue weighted by Gasteiger charge is 2.04. The summed E-state index contributed by atoms with van der Waals surface area (Å²) in [6.45, 7) is 2.80. The Balaban J connectivity index is 1.94. The second-order valence-corrected chi connectivity index (χ2v) is 5.55. The van der Waals surface area contributed by atoms with Gasteiger partial charge >= 0.3 is 0 Å². The van der Waals surface area contributed by atoms with Crippen LogP contribution in [0, 0.1) is 0 Å². The van der Waals surface area contributed by atoms with Crippen molar-refractivity contribution >= 4 is 17.0 Å². The number of nitrogens with zero attached hydrogens (tertiary/aromatic N) is 1. The zero-order valence-electron chi connectivity index (χ0n) is 10.8. The van der Waals surface area contributed by atoms with Gasteiger partial charge in [0, 0.05) is 24.2 Å². The van der Waals surface area contributed by atoms with Crippen LogP contribution in [0.1, 0.15) is 23.5 Å². The summed E-state index contributed by atoms with van der Waals surface area (Å²) in [5.74, 6) is 0. The van der Waals surface area contributed by atoms with Crippen LogP contribution in [0.25, 0.3) is 0 Å². The van der Waals surface area contributed by atoms with Crippen molar-refractivity contribution in [1.82, 2.24) is 0 Å². The van der Waals surface area contributed by atoms with E-state index in [1.54, 1.807) is 18.3 Å². The van der Waals surface area contributed by atoms with Gasteiger partial charge in [0.1, 0.15) is 0 Å². The number of aliphatic hydroxyl groups is 1. The first-order valence-corrected chi connectivity index (χ1v) is 7.06. The van der Waals surface area contributed by atoms with E-state index >= 15 is 0 Å². The minimum absolute atomic E-state index is 0.393. The molecule has 0 radical (unpaired) electrons. The molecular weight excluding hydrogens is 242 g/mol. The van der Waals surface area contributed by atoms with Crippen LogP contribution in [0.3, 0.4) is 0 Å². The zero-order valence-corrected chi connectivity index (χ0v) is 11.7. The Morgan fingerprint density at radius 1 is 1.22 bits per heavy atom. The Bertz CT molecular complexity index is 462. The maximum atomic E-state index is 9.47. The van der Waals surface area contributed by atoms with Crippen molar-refractivity contribution < 1.29 is 5.11 Å². The average molecular weight is 261 g/mol. The average Bonchev–Trinajstić information content (AvgIpc) is 2.89. The van der Waals surface area contributed by atoms with E-state index in [-0.39, 0.29) is 0 Å². The molecule has 0 bridgehead atoms. The van der Waals surface area contributed by atoms with Gasteiger partial charge in [0.05, 0.1) is 6.10 Å². The first-order valence-electron chi connectivity index (χ1n) is 6.18. The number of rotatable bonds is 5. The third kappa shape index (κ3) is 3.34. The summed E-state index contributed by atoms with van der Waals surface area (Å²) in [6, 6.07) is 12.4. The van der Waals surface area contributed by atoms with E-state index < -0.39 is 6.10 Å². The summed E-state index contributed by atoms with van der Waals surface area (Å²) in [4.78, 5) is 3.66. The molecule has 0 saturated heterocycles. The lowest BCUT2D eigenvalue weighted by Gasteiger charge is -2.19. The molecular formula is C15H19NOS. The van der Waals surface area contributed by atoms with Crippen LogP contribution in [0.5, 0.6) is 0 Å². The number of benzene rings is 1. The van der Waals surface area contributed by atoms with Gasteiger partial charge in [0.15, 0.2) is 0 Å². The quantitative estimate of drug-likeness (QED) is 0.890. The predicted octanol–water partition coefficient (Wildman–Crippen LogP) is 3.48. The van der Waals surface area contributed by atoms with Crippen LogP contribution >= 0.6 is 11.3 Å². The monoisotopic (exact) mass is 261 g/mol. The van der Waals surface area contributed by atoms with Crippen molar-refractivity contribution in [2.75, 3.05) is 18.5 Å². The van der Waals surface area contributed by atoms with Crippen LogP contribution in [0.2, 0.25) is 0 Å². The molecule has 0 aliphatic rings. The van der Waals surface area contributed by atoms with Gasteiger partial charge in [-0.15, -0.1) is 11.3 Å². The molecule has 0 unspecified atom stereocenters. The largest absolute Gasteiger partial charge is 0.389 e. The Hall–Kier alpha value is -1.32. The minimum Gasteiger partial charge on any atom is -0.389 e. The van der Waals surface area contributed by atoms with Gasteiger partial charge in [0.25, 0.3) is 0 Å². The van der Waals surface area contributed by atoms with E-state index in [0.717, 1.165) is 18.5 Å². The Morgan fingerprint density at radius 2 is 1.94 bits per heavy atom. The topological polar surface area (TPSA) is 23.5 Å². The van der Waals surface area contributed by atoms with Crippen molar-refractivity contribution in [3.05, 3.63) is 52.2 Å². The molecule has 0 saturated carbocycles. The van der Waals surface area contributed by atoms with E-state index in [2.05, 4.69) is 41.6 Å². The maximum Gasteiger partial charge on any atom is 0.0761 e. The first-order chi connectivity index (χ1) is 8.66.